The molecule has 25 heavy (non-hydrogen) atoms. The number of para-hydroxylation sites is 1. The standard InChI is InChI=1S/C19H22N4OS/c1-13-16-11-17(18(24)22-9-7-14(12-20)8-10-22)25-19(16)23(21-13)15-5-3-2-4-6-15/h2-6,11,14H,7-10,12,20H2,1H3. The monoisotopic (exact) mass is 354 g/mol. The summed E-state index contributed by atoms with van der Waals surface area (Å²) in [4.78, 5) is 16.7. The van der Waals surface area contributed by atoms with Crippen LogP contribution in [0.3, 0.4) is 0 Å². The summed E-state index contributed by atoms with van der Waals surface area (Å²) in [6.07, 6.45) is 2.01. The summed E-state index contributed by atoms with van der Waals surface area (Å²) >= 11 is 1.53. The van der Waals surface area contributed by atoms with Crippen molar-refractivity contribution in [1.82, 2.24) is 14.7 Å². The number of carbonyl (C=O) groups is 1. The highest BCUT2D eigenvalue weighted by Gasteiger charge is 2.25. The molecule has 0 radical (unpaired) electrons. The molecule has 1 amide bonds. The molecule has 130 valence electrons. The Labute approximate surface area is 151 Å². The SMILES string of the molecule is Cc1nn(-c2ccccc2)c2sc(C(=O)N3CCC(CN)CC3)cc12. The Hall–Kier alpha value is -2.18. The van der Waals surface area contributed by atoms with Gasteiger partial charge in [-0.2, -0.15) is 5.10 Å². The maximum atomic E-state index is 12.9. The van der Waals surface area contributed by atoms with E-state index in [-0.39, 0.29) is 5.91 Å². The number of carbonyl (C=O) groups excluding carboxylic acids is 1. The van der Waals surface area contributed by atoms with Crippen molar-refractivity contribution in [3.8, 4) is 5.69 Å². The Morgan fingerprint density at radius 2 is 2.00 bits per heavy atom. The first-order valence-electron chi connectivity index (χ1n) is 8.71. The summed E-state index contributed by atoms with van der Waals surface area (Å²) < 4.78 is 1.94. The molecule has 1 aliphatic rings. The van der Waals surface area contributed by atoms with Crippen LogP contribution in [0.4, 0.5) is 0 Å². The van der Waals surface area contributed by atoms with Gasteiger partial charge in [-0.1, -0.05) is 18.2 Å². The first-order chi connectivity index (χ1) is 12.2. The number of fused-ring (bicyclic) bond motifs is 1. The van der Waals surface area contributed by atoms with Crippen molar-refractivity contribution in [3.05, 3.63) is 47.0 Å². The number of nitrogens with two attached hydrogens (primary N) is 1. The molecule has 0 saturated carbocycles. The number of likely N-dealkylation sites (tertiary alicyclic amines) is 1. The van der Waals surface area contributed by atoms with Crippen molar-refractivity contribution in [2.24, 2.45) is 11.7 Å². The van der Waals surface area contributed by atoms with Crippen molar-refractivity contribution in [2.45, 2.75) is 19.8 Å². The van der Waals surface area contributed by atoms with Crippen LogP contribution in [0.15, 0.2) is 36.4 Å². The smallest absolute Gasteiger partial charge is 0.264 e. The van der Waals surface area contributed by atoms with Crippen molar-refractivity contribution in [2.75, 3.05) is 19.6 Å². The molecular weight excluding hydrogens is 332 g/mol. The normalized spacial score (nSPS) is 15.8. The quantitative estimate of drug-likeness (QED) is 0.785. The van der Waals surface area contributed by atoms with Gasteiger partial charge in [-0.25, -0.2) is 4.68 Å². The van der Waals surface area contributed by atoms with Gasteiger partial charge in [0.25, 0.3) is 5.91 Å². The van der Waals surface area contributed by atoms with Gasteiger partial charge in [0.2, 0.25) is 0 Å². The van der Waals surface area contributed by atoms with E-state index >= 15 is 0 Å². The maximum absolute atomic E-state index is 12.9. The molecule has 3 heterocycles. The number of rotatable bonds is 3. The van der Waals surface area contributed by atoms with E-state index in [0.717, 1.165) is 59.0 Å². The summed E-state index contributed by atoms with van der Waals surface area (Å²) in [5.74, 6) is 0.691. The number of benzene rings is 1. The molecule has 0 unspecified atom stereocenters. The predicted molar refractivity (Wildman–Crippen MR) is 101 cm³/mol. The van der Waals surface area contributed by atoms with Crippen LogP contribution in [0.2, 0.25) is 0 Å². The zero-order chi connectivity index (χ0) is 17.4. The highest BCUT2D eigenvalue weighted by atomic mass is 32.1. The molecule has 6 heteroatoms. The number of nitrogens with zero attached hydrogens (tertiary/aromatic N) is 3. The Balaban J connectivity index is 1.65. The lowest BCUT2D eigenvalue weighted by atomic mass is 9.97. The van der Waals surface area contributed by atoms with Gasteiger partial charge in [0.05, 0.1) is 16.3 Å². The molecular formula is C19H22N4OS. The molecule has 1 fully saturated rings. The summed E-state index contributed by atoms with van der Waals surface area (Å²) in [5.41, 5.74) is 7.72. The maximum Gasteiger partial charge on any atom is 0.264 e. The van der Waals surface area contributed by atoms with Crippen molar-refractivity contribution in [1.29, 1.82) is 0 Å². The van der Waals surface area contributed by atoms with Gasteiger partial charge >= 0.3 is 0 Å². The fourth-order valence-electron chi connectivity index (χ4n) is 3.42. The predicted octanol–water partition coefficient (Wildman–Crippen LogP) is 3.21. The van der Waals surface area contributed by atoms with Crippen LogP contribution in [0, 0.1) is 12.8 Å². The fourth-order valence-corrected chi connectivity index (χ4v) is 4.58. The number of aryl methyl sites for hydroxylation is 1. The molecule has 1 aromatic carbocycles. The van der Waals surface area contributed by atoms with E-state index in [1.165, 1.54) is 11.3 Å². The lowest BCUT2D eigenvalue weighted by Crippen LogP contribution is -2.39. The molecule has 1 saturated heterocycles. The minimum atomic E-state index is 0.135. The summed E-state index contributed by atoms with van der Waals surface area (Å²) in [6.45, 7) is 4.32. The Morgan fingerprint density at radius 3 is 2.68 bits per heavy atom. The molecule has 2 N–H and O–H groups in total. The Morgan fingerprint density at radius 1 is 1.28 bits per heavy atom. The number of aromatic nitrogens is 2. The largest absolute Gasteiger partial charge is 0.338 e. The van der Waals surface area contributed by atoms with Gasteiger partial charge < -0.3 is 10.6 Å². The van der Waals surface area contributed by atoms with E-state index in [4.69, 9.17) is 5.73 Å². The van der Waals surface area contributed by atoms with Gasteiger partial charge in [-0.05, 0) is 50.4 Å². The Bertz CT molecular complexity index is 891. The molecule has 0 aliphatic carbocycles. The highest BCUT2D eigenvalue weighted by Crippen LogP contribution is 2.31. The van der Waals surface area contributed by atoms with Crippen LogP contribution in [0.5, 0.6) is 0 Å². The van der Waals surface area contributed by atoms with Crippen molar-refractivity contribution < 1.29 is 4.79 Å². The first kappa shape index (κ1) is 16.3. The highest BCUT2D eigenvalue weighted by molar-refractivity contribution is 7.20. The van der Waals surface area contributed by atoms with Crippen LogP contribution in [-0.4, -0.2) is 40.2 Å². The van der Waals surface area contributed by atoms with Gasteiger partial charge in [-0.15, -0.1) is 11.3 Å². The third-order valence-electron chi connectivity index (χ3n) is 4.99. The Kier molecular flexibility index (Phi) is 4.31. The molecule has 1 aliphatic heterocycles. The average Bonchev–Trinajstić information content (AvgIpc) is 3.23. The molecule has 0 bridgehead atoms. The van der Waals surface area contributed by atoms with Crippen LogP contribution in [-0.2, 0) is 0 Å². The second-order valence-corrected chi connectivity index (χ2v) is 7.66. The summed E-state index contributed by atoms with van der Waals surface area (Å²) in [5, 5.41) is 5.71. The second kappa shape index (κ2) is 6.61. The fraction of sp³-hybridized carbons (Fsp3) is 0.368. The zero-order valence-corrected chi connectivity index (χ0v) is 15.1. The van der Waals surface area contributed by atoms with Gasteiger partial charge in [0, 0.05) is 18.5 Å². The second-order valence-electron chi connectivity index (χ2n) is 6.63. The van der Waals surface area contributed by atoms with Crippen molar-refractivity contribution in [3.63, 3.8) is 0 Å². The van der Waals surface area contributed by atoms with E-state index in [9.17, 15) is 4.79 Å². The first-order valence-corrected chi connectivity index (χ1v) is 9.53. The van der Waals surface area contributed by atoms with Crippen LogP contribution >= 0.6 is 11.3 Å². The molecule has 3 aromatic rings. The lowest BCUT2D eigenvalue weighted by Gasteiger charge is -2.31. The van der Waals surface area contributed by atoms with Gasteiger partial charge in [-0.3, -0.25) is 4.79 Å². The minimum Gasteiger partial charge on any atom is -0.338 e. The lowest BCUT2D eigenvalue weighted by molar-refractivity contribution is 0.0698. The molecule has 2 aromatic heterocycles. The molecule has 4 rings (SSSR count). The summed E-state index contributed by atoms with van der Waals surface area (Å²) in [6, 6.07) is 12.1. The van der Waals surface area contributed by atoms with Gasteiger partial charge in [0.1, 0.15) is 4.83 Å². The third kappa shape index (κ3) is 2.96. The van der Waals surface area contributed by atoms with E-state index < -0.39 is 0 Å². The summed E-state index contributed by atoms with van der Waals surface area (Å²) in [7, 11) is 0. The number of thiophene rings is 1. The third-order valence-corrected chi connectivity index (χ3v) is 6.09. The van der Waals surface area contributed by atoms with E-state index in [1.807, 2.05) is 52.9 Å². The number of piperidine rings is 1. The number of hydrogen-bond acceptors (Lipinski definition) is 4. The van der Waals surface area contributed by atoms with Crippen LogP contribution in [0.1, 0.15) is 28.2 Å². The van der Waals surface area contributed by atoms with E-state index in [1.54, 1.807) is 0 Å². The molecule has 0 spiro atoms. The van der Waals surface area contributed by atoms with Crippen molar-refractivity contribution >= 4 is 27.5 Å². The average molecular weight is 354 g/mol. The minimum absolute atomic E-state index is 0.135. The van der Waals surface area contributed by atoms with Crippen LogP contribution < -0.4 is 5.73 Å². The topological polar surface area (TPSA) is 64.2 Å². The van der Waals surface area contributed by atoms with Gasteiger partial charge in [0.15, 0.2) is 0 Å². The van der Waals surface area contributed by atoms with E-state index in [0.29, 0.717) is 5.92 Å². The molecule has 0 atom stereocenters. The van der Waals surface area contributed by atoms with Crippen LogP contribution in [0.25, 0.3) is 15.9 Å². The molecule has 5 nitrogen and oxygen atoms in total. The zero-order valence-electron chi connectivity index (χ0n) is 14.3. The number of hydrogen-bond donors (Lipinski definition) is 1. The van der Waals surface area contributed by atoms with E-state index in [2.05, 4.69) is 5.10 Å². The number of amides is 1.